The molecular weight excluding hydrogens is 476 g/mol. The zero-order valence-corrected chi connectivity index (χ0v) is 21.5. The van der Waals surface area contributed by atoms with E-state index in [2.05, 4.69) is 102 Å². The predicted octanol–water partition coefficient (Wildman–Crippen LogP) is 8.46. The number of hydrogen-bond acceptors (Lipinski definition) is 4. The van der Waals surface area contributed by atoms with Gasteiger partial charge in [-0.25, -0.2) is 9.98 Å². The molecule has 0 spiro atoms. The van der Waals surface area contributed by atoms with Crippen LogP contribution in [-0.2, 0) is 6.42 Å². The van der Waals surface area contributed by atoms with Crippen LogP contribution < -0.4 is 0 Å². The smallest absolute Gasteiger partial charge is 0.0972 e. The van der Waals surface area contributed by atoms with Crippen molar-refractivity contribution in [3.05, 3.63) is 121 Å². The summed E-state index contributed by atoms with van der Waals surface area (Å²) < 4.78 is 0. The van der Waals surface area contributed by atoms with Crippen LogP contribution in [0, 0.1) is 5.92 Å². The molecule has 1 atom stereocenters. The lowest BCUT2D eigenvalue weighted by Gasteiger charge is -2.23. The van der Waals surface area contributed by atoms with Gasteiger partial charge in [-0.2, -0.15) is 0 Å². The molecule has 0 bridgehead atoms. The number of fused-ring (bicyclic) bond motifs is 7. The lowest BCUT2D eigenvalue weighted by Crippen LogP contribution is -2.19. The first-order valence-electron chi connectivity index (χ1n) is 13.4. The summed E-state index contributed by atoms with van der Waals surface area (Å²) in [4.78, 5) is 19.6. The highest BCUT2D eigenvalue weighted by molar-refractivity contribution is 6.09. The molecule has 0 amide bonds. The molecule has 1 unspecified atom stereocenters. The Labute approximate surface area is 225 Å². The topological polar surface area (TPSA) is 51.0 Å². The molecule has 4 heteroatoms. The van der Waals surface area contributed by atoms with Gasteiger partial charge in [0.25, 0.3) is 0 Å². The minimum absolute atomic E-state index is 0.322. The van der Waals surface area contributed by atoms with Gasteiger partial charge in [-0.05, 0) is 58.7 Å². The molecule has 1 aliphatic rings. The summed E-state index contributed by atoms with van der Waals surface area (Å²) in [5, 5.41) is 5.71. The minimum atomic E-state index is 0.322. The van der Waals surface area contributed by atoms with Gasteiger partial charge in [0, 0.05) is 40.0 Å². The zero-order valence-electron chi connectivity index (χ0n) is 21.5. The maximum atomic E-state index is 5.21. The summed E-state index contributed by atoms with van der Waals surface area (Å²) in [5.41, 5.74) is 9.45. The second-order valence-electron chi connectivity index (χ2n) is 10.4. The van der Waals surface area contributed by atoms with Crippen molar-refractivity contribution in [2.45, 2.75) is 13.3 Å². The molecule has 0 radical (unpaired) electrons. The number of aliphatic imine (C=N–C) groups is 1. The number of hydrogen-bond donors (Lipinski definition) is 0. The highest BCUT2D eigenvalue weighted by atomic mass is 14.8. The molecule has 4 nitrogen and oxygen atoms in total. The molecule has 3 aromatic heterocycles. The van der Waals surface area contributed by atoms with E-state index in [1.54, 1.807) is 0 Å². The van der Waals surface area contributed by atoms with E-state index in [-0.39, 0.29) is 0 Å². The van der Waals surface area contributed by atoms with Crippen LogP contribution in [0.25, 0.3) is 54.7 Å². The second-order valence-corrected chi connectivity index (χ2v) is 10.4. The first-order valence-corrected chi connectivity index (χ1v) is 13.4. The van der Waals surface area contributed by atoms with Gasteiger partial charge in [-0.15, -0.1) is 0 Å². The van der Waals surface area contributed by atoms with Crippen molar-refractivity contribution >= 4 is 54.9 Å². The summed E-state index contributed by atoms with van der Waals surface area (Å²) in [6.45, 7) is 2.27. The van der Waals surface area contributed by atoms with E-state index < -0.39 is 0 Å². The zero-order chi connectivity index (χ0) is 25.9. The Hall–Kier alpha value is -4.96. The molecule has 4 aromatic carbocycles. The van der Waals surface area contributed by atoms with Gasteiger partial charge >= 0.3 is 0 Å². The predicted molar refractivity (Wildman–Crippen MR) is 161 cm³/mol. The number of benzene rings is 4. The van der Waals surface area contributed by atoms with E-state index in [0.717, 1.165) is 67.3 Å². The van der Waals surface area contributed by atoms with Crippen LogP contribution in [0.1, 0.15) is 18.1 Å². The maximum Gasteiger partial charge on any atom is 0.0972 e. The Morgan fingerprint density at radius 2 is 1.23 bits per heavy atom. The number of aromatic nitrogens is 3. The number of pyridine rings is 3. The van der Waals surface area contributed by atoms with E-state index in [9.17, 15) is 0 Å². The molecule has 39 heavy (non-hydrogen) atoms. The number of rotatable bonds is 2. The molecule has 0 fully saturated rings. The van der Waals surface area contributed by atoms with Gasteiger partial charge in [0.1, 0.15) is 0 Å². The Kier molecular flexibility index (Phi) is 4.83. The average Bonchev–Trinajstić information content (AvgIpc) is 2.99. The lowest BCUT2D eigenvalue weighted by molar-refractivity contribution is 0.756. The molecule has 8 rings (SSSR count). The van der Waals surface area contributed by atoms with Crippen LogP contribution in [0.2, 0.25) is 0 Å². The maximum absolute atomic E-state index is 5.21. The van der Waals surface area contributed by atoms with Gasteiger partial charge in [0.05, 0.1) is 33.6 Å². The third-order valence-corrected chi connectivity index (χ3v) is 7.92. The highest BCUT2D eigenvalue weighted by Crippen LogP contribution is 2.36. The van der Waals surface area contributed by atoms with Crippen LogP contribution in [0.4, 0.5) is 5.69 Å². The van der Waals surface area contributed by atoms with Crippen molar-refractivity contribution in [2.75, 3.05) is 0 Å². The fourth-order valence-electron chi connectivity index (χ4n) is 5.92. The second kappa shape index (κ2) is 8.53. The first-order chi connectivity index (χ1) is 19.2. The molecule has 0 saturated heterocycles. The fraction of sp³-hybridized carbons (Fsp3) is 0.0857. The SMILES string of the molecule is CC1Cc2ccc3cccnc3c2N=C1c1ccc2ccc(-c3ccc4ccc5cccnc5c4n3)cc2c1. The van der Waals surface area contributed by atoms with Gasteiger partial charge in [0.15, 0.2) is 0 Å². The minimum Gasteiger partial charge on any atom is -0.254 e. The van der Waals surface area contributed by atoms with Crippen LogP contribution in [0.15, 0.2) is 114 Å². The molecule has 7 aromatic rings. The Morgan fingerprint density at radius 3 is 2.08 bits per heavy atom. The van der Waals surface area contributed by atoms with Crippen molar-refractivity contribution < 1.29 is 0 Å². The standard InChI is InChI=1S/C35H24N4/c1-21-18-27-13-10-24-5-3-17-37-33(24)35(27)39-31(21)28-12-7-22-6-11-26(19-29(22)20-28)30-15-14-25-9-8-23-4-2-16-36-32(23)34(25)38-30/h2-17,19-21H,18H2,1H3. The Balaban J connectivity index is 1.25. The molecule has 0 saturated carbocycles. The van der Waals surface area contributed by atoms with Crippen molar-refractivity contribution in [1.29, 1.82) is 0 Å². The quantitative estimate of drug-likeness (QED) is 0.224. The summed E-state index contributed by atoms with van der Waals surface area (Å²) in [7, 11) is 0. The van der Waals surface area contributed by atoms with Crippen molar-refractivity contribution in [3.8, 4) is 11.3 Å². The lowest BCUT2D eigenvalue weighted by atomic mass is 9.87. The molecule has 0 aliphatic carbocycles. The summed E-state index contributed by atoms with van der Waals surface area (Å²) in [5.74, 6) is 0.322. The van der Waals surface area contributed by atoms with E-state index >= 15 is 0 Å². The van der Waals surface area contributed by atoms with Gasteiger partial charge in [-0.3, -0.25) is 9.97 Å². The Bertz CT molecular complexity index is 2130. The normalized spacial score (nSPS) is 15.1. The average molecular weight is 501 g/mol. The molecule has 4 heterocycles. The molecular formula is C35H24N4. The van der Waals surface area contributed by atoms with E-state index in [0.29, 0.717) is 5.92 Å². The van der Waals surface area contributed by atoms with Crippen molar-refractivity contribution in [3.63, 3.8) is 0 Å². The van der Waals surface area contributed by atoms with Crippen LogP contribution in [0.5, 0.6) is 0 Å². The largest absolute Gasteiger partial charge is 0.254 e. The van der Waals surface area contributed by atoms with E-state index in [4.69, 9.17) is 9.98 Å². The van der Waals surface area contributed by atoms with E-state index in [1.807, 2.05) is 24.5 Å². The van der Waals surface area contributed by atoms with Crippen molar-refractivity contribution in [2.24, 2.45) is 10.9 Å². The highest BCUT2D eigenvalue weighted by Gasteiger charge is 2.23. The third kappa shape index (κ3) is 3.60. The van der Waals surface area contributed by atoms with Gasteiger partial charge < -0.3 is 0 Å². The van der Waals surface area contributed by atoms with Crippen LogP contribution in [0.3, 0.4) is 0 Å². The Morgan fingerprint density at radius 1 is 0.590 bits per heavy atom. The monoisotopic (exact) mass is 500 g/mol. The van der Waals surface area contributed by atoms with Gasteiger partial charge in [0.2, 0.25) is 0 Å². The summed E-state index contributed by atoms with van der Waals surface area (Å²) >= 11 is 0. The van der Waals surface area contributed by atoms with Crippen LogP contribution >= 0.6 is 0 Å². The molecule has 184 valence electrons. The summed E-state index contributed by atoms with van der Waals surface area (Å²) in [6, 6.07) is 34.2. The van der Waals surface area contributed by atoms with Crippen molar-refractivity contribution in [1.82, 2.24) is 15.0 Å². The first kappa shape index (κ1) is 22.1. The van der Waals surface area contributed by atoms with Crippen LogP contribution in [-0.4, -0.2) is 20.7 Å². The molecule has 0 N–H and O–H groups in total. The fourth-order valence-corrected chi connectivity index (χ4v) is 5.92. The summed E-state index contributed by atoms with van der Waals surface area (Å²) in [6.07, 6.45) is 4.65. The number of nitrogens with zero attached hydrogens (tertiary/aromatic N) is 4. The molecule has 1 aliphatic heterocycles. The third-order valence-electron chi connectivity index (χ3n) is 7.92. The van der Waals surface area contributed by atoms with E-state index in [1.165, 1.54) is 16.3 Å². The van der Waals surface area contributed by atoms with Gasteiger partial charge in [-0.1, -0.05) is 73.7 Å².